The van der Waals surface area contributed by atoms with Crippen LogP contribution in [0.2, 0.25) is 0 Å². The summed E-state index contributed by atoms with van der Waals surface area (Å²) in [7, 11) is 1.80. The number of fused-ring (bicyclic) bond motifs is 3. The fraction of sp³-hybridized carbons (Fsp3) is 0.368. The highest BCUT2D eigenvalue weighted by molar-refractivity contribution is 7.99. The standard InChI is InChI=1S/C19H19FN2O2S2/c1-22-18(23)16-14-4-2-5-15(14)26-17(16)21-19(22)25-11-3-10-24-13-8-6-12(20)7-9-13/h6-9H,2-5,10-11H2,1H3. The van der Waals surface area contributed by atoms with Crippen molar-refractivity contribution in [2.45, 2.75) is 30.8 Å². The Balaban J connectivity index is 1.39. The number of hydrogen-bond donors (Lipinski definition) is 0. The van der Waals surface area contributed by atoms with Gasteiger partial charge in [-0.2, -0.15) is 0 Å². The summed E-state index contributed by atoms with van der Waals surface area (Å²) in [5.74, 6) is 1.20. The molecule has 1 aromatic carbocycles. The maximum atomic E-state index is 12.9. The zero-order chi connectivity index (χ0) is 18.1. The molecular formula is C19H19FN2O2S2. The van der Waals surface area contributed by atoms with E-state index in [-0.39, 0.29) is 11.4 Å². The molecule has 0 aliphatic heterocycles. The van der Waals surface area contributed by atoms with E-state index in [4.69, 9.17) is 9.72 Å². The van der Waals surface area contributed by atoms with Gasteiger partial charge >= 0.3 is 0 Å². The lowest BCUT2D eigenvalue weighted by atomic mass is 10.2. The predicted octanol–water partition coefficient (Wildman–Crippen LogP) is 4.18. The lowest BCUT2D eigenvalue weighted by molar-refractivity contribution is 0.318. The van der Waals surface area contributed by atoms with Gasteiger partial charge in [0.1, 0.15) is 16.4 Å². The smallest absolute Gasteiger partial charge is 0.262 e. The van der Waals surface area contributed by atoms with Crippen molar-refractivity contribution < 1.29 is 9.13 Å². The van der Waals surface area contributed by atoms with Gasteiger partial charge in [0.2, 0.25) is 0 Å². The Kier molecular flexibility index (Phi) is 5.00. The molecule has 26 heavy (non-hydrogen) atoms. The monoisotopic (exact) mass is 390 g/mol. The Hall–Kier alpha value is -1.86. The number of nitrogens with zero attached hydrogens (tertiary/aromatic N) is 2. The van der Waals surface area contributed by atoms with Crippen molar-refractivity contribution >= 4 is 33.3 Å². The number of halogens is 1. The van der Waals surface area contributed by atoms with E-state index >= 15 is 0 Å². The van der Waals surface area contributed by atoms with E-state index in [2.05, 4.69) is 0 Å². The van der Waals surface area contributed by atoms with Gasteiger partial charge in [0.05, 0.1) is 12.0 Å². The molecule has 0 unspecified atom stereocenters. The van der Waals surface area contributed by atoms with E-state index in [0.29, 0.717) is 12.4 Å². The van der Waals surface area contributed by atoms with Crippen molar-refractivity contribution in [1.29, 1.82) is 0 Å². The van der Waals surface area contributed by atoms with Crippen LogP contribution in [0.15, 0.2) is 34.2 Å². The molecule has 0 atom stereocenters. The molecule has 4 rings (SSSR count). The summed E-state index contributed by atoms with van der Waals surface area (Å²) in [4.78, 5) is 19.7. The topological polar surface area (TPSA) is 44.1 Å². The quantitative estimate of drug-likeness (QED) is 0.360. The first-order valence-corrected chi connectivity index (χ1v) is 10.5. The lowest BCUT2D eigenvalue weighted by Gasteiger charge is -2.08. The number of thioether (sulfide) groups is 1. The molecule has 1 aliphatic rings. The average molecular weight is 391 g/mol. The molecule has 0 bridgehead atoms. The number of hydrogen-bond acceptors (Lipinski definition) is 5. The SMILES string of the molecule is Cn1c(SCCCOc2ccc(F)cc2)nc2sc3c(c2c1=O)CCC3. The fourth-order valence-electron chi connectivity index (χ4n) is 3.18. The van der Waals surface area contributed by atoms with E-state index < -0.39 is 0 Å². The third-order valence-electron chi connectivity index (χ3n) is 4.51. The second-order valence-electron chi connectivity index (χ2n) is 6.30. The third kappa shape index (κ3) is 3.38. The van der Waals surface area contributed by atoms with Gasteiger partial charge in [-0.15, -0.1) is 11.3 Å². The van der Waals surface area contributed by atoms with Crippen molar-refractivity contribution in [1.82, 2.24) is 9.55 Å². The normalized spacial score (nSPS) is 13.3. The predicted molar refractivity (Wildman–Crippen MR) is 104 cm³/mol. The summed E-state index contributed by atoms with van der Waals surface area (Å²) < 4.78 is 20.1. The molecule has 7 heteroatoms. The third-order valence-corrected chi connectivity index (χ3v) is 6.81. The van der Waals surface area contributed by atoms with Crippen LogP contribution in [-0.4, -0.2) is 21.9 Å². The fourth-order valence-corrected chi connectivity index (χ4v) is 5.36. The zero-order valence-electron chi connectivity index (χ0n) is 14.5. The Morgan fingerprint density at radius 3 is 2.92 bits per heavy atom. The van der Waals surface area contributed by atoms with Crippen LogP contribution in [0.4, 0.5) is 4.39 Å². The van der Waals surface area contributed by atoms with Gasteiger partial charge in [0.15, 0.2) is 5.16 Å². The van der Waals surface area contributed by atoms with Gasteiger partial charge in [-0.1, -0.05) is 11.8 Å². The minimum atomic E-state index is -0.269. The van der Waals surface area contributed by atoms with Crippen LogP contribution in [0.3, 0.4) is 0 Å². The molecule has 2 aromatic heterocycles. The molecule has 0 fully saturated rings. The maximum absolute atomic E-state index is 12.9. The number of thiophene rings is 1. The van der Waals surface area contributed by atoms with Crippen molar-refractivity contribution in [2.24, 2.45) is 7.05 Å². The molecule has 2 heterocycles. The average Bonchev–Trinajstić information content (AvgIpc) is 3.21. The van der Waals surface area contributed by atoms with Gasteiger partial charge in [0, 0.05) is 17.7 Å². The van der Waals surface area contributed by atoms with Crippen LogP contribution in [0.5, 0.6) is 5.75 Å². The van der Waals surface area contributed by atoms with E-state index in [0.717, 1.165) is 46.8 Å². The molecule has 136 valence electrons. The van der Waals surface area contributed by atoms with E-state index in [1.54, 1.807) is 46.8 Å². The first-order chi connectivity index (χ1) is 12.6. The molecule has 0 spiro atoms. The van der Waals surface area contributed by atoms with Crippen LogP contribution in [0.1, 0.15) is 23.3 Å². The molecule has 0 amide bonds. The highest BCUT2D eigenvalue weighted by Crippen LogP contribution is 2.35. The minimum Gasteiger partial charge on any atom is -0.494 e. The summed E-state index contributed by atoms with van der Waals surface area (Å²) in [6.07, 6.45) is 4.03. The number of rotatable bonds is 6. The second-order valence-corrected chi connectivity index (χ2v) is 8.45. The van der Waals surface area contributed by atoms with Gasteiger partial charge < -0.3 is 4.74 Å². The number of ether oxygens (including phenoxy) is 1. The largest absolute Gasteiger partial charge is 0.494 e. The molecule has 4 nitrogen and oxygen atoms in total. The number of benzene rings is 1. The summed E-state index contributed by atoms with van der Waals surface area (Å²) in [5.41, 5.74) is 1.29. The maximum Gasteiger partial charge on any atom is 0.262 e. The molecule has 0 radical (unpaired) electrons. The van der Waals surface area contributed by atoms with E-state index in [1.807, 2.05) is 0 Å². The Bertz CT molecular complexity index is 995. The van der Waals surface area contributed by atoms with Gasteiger partial charge in [-0.3, -0.25) is 9.36 Å². The van der Waals surface area contributed by atoms with Crippen molar-refractivity contribution in [3.05, 3.63) is 50.9 Å². The van der Waals surface area contributed by atoms with Gasteiger partial charge in [0.25, 0.3) is 5.56 Å². The van der Waals surface area contributed by atoms with E-state index in [1.165, 1.54) is 22.6 Å². The zero-order valence-corrected chi connectivity index (χ0v) is 16.1. The number of aryl methyl sites for hydroxylation is 2. The lowest BCUT2D eigenvalue weighted by Crippen LogP contribution is -2.20. The Labute approximate surface area is 159 Å². The highest BCUT2D eigenvalue weighted by atomic mass is 32.2. The Morgan fingerprint density at radius 1 is 1.31 bits per heavy atom. The van der Waals surface area contributed by atoms with Crippen LogP contribution < -0.4 is 10.3 Å². The molecule has 3 aromatic rings. The van der Waals surface area contributed by atoms with Crippen LogP contribution in [0, 0.1) is 5.82 Å². The summed E-state index contributed by atoms with van der Waals surface area (Å²) >= 11 is 3.25. The first-order valence-electron chi connectivity index (χ1n) is 8.66. The number of aromatic nitrogens is 2. The molecule has 0 saturated carbocycles. The van der Waals surface area contributed by atoms with Crippen molar-refractivity contribution in [3.8, 4) is 5.75 Å². The van der Waals surface area contributed by atoms with Crippen LogP contribution in [0.25, 0.3) is 10.2 Å². The highest BCUT2D eigenvalue weighted by Gasteiger charge is 2.22. The van der Waals surface area contributed by atoms with E-state index in [9.17, 15) is 9.18 Å². The molecular weight excluding hydrogens is 371 g/mol. The van der Waals surface area contributed by atoms with Gasteiger partial charge in [-0.05, 0) is 55.5 Å². The Morgan fingerprint density at radius 2 is 2.12 bits per heavy atom. The summed E-state index contributed by atoms with van der Waals surface area (Å²) in [5, 5.41) is 1.58. The molecule has 0 N–H and O–H groups in total. The van der Waals surface area contributed by atoms with Gasteiger partial charge in [-0.25, -0.2) is 9.37 Å². The van der Waals surface area contributed by atoms with Crippen molar-refractivity contribution in [2.75, 3.05) is 12.4 Å². The van der Waals surface area contributed by atoms with Crippen LogP contribution >= 0.6 is 23.1 Å². The summed E-state index contributed by atoms with van der Waals surface area (Å²) in [6.45, 7) is 0.544. The van der Waals surface area contributed by atoms with Crippen molar-refractivity contribution in [3.63, 3.8) is 0 Å². The minimum absolute atomic E-state index is 0.0689. The molecule has 1 aliphatic carbocycles. The first kappa shape index (κ1) is 17.5. The second kappa shape index (κ2) is 7.40. The summed E-state index contributed by atoms with van der Waals surface area (Å²) in [6, 6.07) is 6.02. The van der Waals surface area contributed by atoms with Crippen LogP contribution in [-0.2, 0) is 19.9 Å². The molecule has 0 saturated heterocycles.